The summed E-state index contributed by atoms with van der Waals surface area (Å²) in [5.74, 6) is -1.57. The van der Waals surface area contributed by atoms with Crippen LogP contribution < -0.4 is 26.7 Å². The van der Waals surface area contributed by atoms with Crippen LogP contribution in [0.25, 0.3) is 11.1 Å². The van der Waals surface area contributed by atoms with E-state index in [-0.39, 0.29) is 33.7 Å². The third-order valence-electron chi connectivity index (χ3n) is 8.22. The van der Waals surface area contributed by atoms with Gasteiger partial charge < -0.3 is 26.2 Å². The predicted molar refractivity (Wildman–Crippen MR) is 181 cm³/mol. The SMILES string of the molecule is Cc1c(F)c(N)cc(C(=O)Nc2cc(-c3ccc(NC(=O)CCCCCCCC(=O)NO)cc3)ccc2N2CCN(C)CC2)c1Cl. The Hall–Kier alpha value is -4.19. The van der Waals surface area contributed by atoms with Crippen LogP contribution in [0.4, 0.5) is 27.1 Å². The van der Waals surface area contributed by atoms with Gasteiger partial charge in [-0.05, 0) is 68.3 Å². The van der Waals surface area contributed by atoms with Crippen molar-refractivity contribution in [1.29, 1.82) is 0 Å². The smallest absolute Gasteiger partial charge is 0.257 e. The molecule has 3 aromatic carbocycles. The van der Waals surface area contributed by atoms with Crippen molar-refractivity contribution >= 4 is 52.1 Å². The molecule has 4 rings (SSSR count). The molecule has 0 atom stereocenters. The van der Waals surface area contributed by atoms with Crippen molar-refractivity contribution in [3.8, 4) is 11.1 Å². The summed E-state index contributed by atoms with van der Waals surface area (Å²) in [6, 6.07) is 14.7. The van der Waals surface area contributed by atoms with E-state index in [0.717, 1.165) is 68.7 Å². The number of hydrogen-bond donors (Lipinski definition) is 5. The van der Waals surface area contributed by atoms with Gasteiger partial charge in [0, 0.05) is 50.3 Å². The zero-order chi connectivity index (χ0) is 33.2. The van der Waals surface area contributed by atoms with Crippen molar-refractivity contribution < 1.29 is 24.0 Å². The first-order chi connectivity index (χ1) is 22.1. The first kappa shape index (κ1) is 34.7. The number of carbonyl (C=O) groups is 3. The lowest BCUT2D eigenvalue weighted by atomic mass is 10.0. The van der Waals surface area contributed by atoms with Crippen molar-refractivity contribution in [1.82, 2.24) is 10.4 Å². The van der Waals surface area contributed by atoms with Crippen molar-refractivity contribution in [2.75, 3.05) is 54.5 Å². The first-order valence-electron chi connectivity index (χ1n) is 15.5. The average Bonchev–Trinajstić information content (AvgIpc) is 3.05. The first-order valence-corrected chi connectivity index (χ1v) is 15.9. The third kappa shape index (κ3) is 9.18. The highest BCUT2D eigenvalue weighted by atomic mass is 35.5. The number of carbonyl (C=O) groups excluding carboxylic acids is 3. The van der Waals surface area contributed by atoms with E-state index in [2.05, 4.69) is 27.5 Å². The summed E-state index contributed by atoms with van der Waals surface area (Å²) >= 11 is 6.36. The van der Waals surface area contributed by atoms with E-state index in [1.807, 2.05) is 42.5 Å². The zero-order valence-electron chi connectivity index (χ0n) is 26.3. The van der Waals surface area contributed by atoms with Gasteiger partial charge in [0.25, 0.3) is 5.91 Å². The molecule has 3 amide bonds. The minimum Gasteiger partial charge on any atom is -0.396 e. The average molecular weight is 653 g/mol. The maximum atomic E-state index is 14.3. The predicted octanol–water partition coefficient (Wildman–Crippen LogP) is 6.22. The Labute approximate surface area is 274 Å². The van der Waals surface area contributed by atoms with Gasteiger partial charge in [0.15, 0.2) is 5.82 Å². The number of hydrogen-bond acceptors (Lipinski definition) is 7. The fourth-order valence-electron chi connectivity index (χ4n) is 5.42. The number of nitrogens with two attached hydrogens (primary N) is 1. The number of piperazine rings is 1. The molecule has 246 valence electrons. The molecule has 1 fully saturated rings. The molecular formula is C34H42ClFN6O4. The van der Waals surface area contributed by atoms with Gasteiger partial charge in [0.05, 0.1) is 27.6 Å². The summed E-state index contributed by atoms with van der Waals surface area (Å²) in [5, 5.41) is 14.5. The quantitative estimate of drug-likeness (QED) is 0.0640. The number of rotatable bonds is 13. The molecule has 1 saturated heterocycles. The molecule has 10 nitrogen and oxygen atoms in total. The molecular weight excluding hydrogens is 611 g/mol. The van der Waals surface area contributed by atoms with Crippen LogP contribution in [0.1, 0.15) is 60.9 Å². The molecule has 0 aromatic heterocycles. The van der Waals surface area contributed by atoms with Gasteiger partial charge in [-0.15, -0.1) is 0 Å². The van der Waals surface area contributed by atoms with Crippen molar-refractivity contribution in [2.45, 2.75) is 51.9 Å². The van der Waals surface area contributed by atoms with Crippen LogP contribution in [0.3, 0.4) is 0 Å². The van der Waals surface area contributed by atoms with Crippen LogP contribution in [0.5, 0.6) is 0 Å². The number of likely N-dealkylation sites (N-methyl/N-ethyl adjacent to an activating group) is 1. The Morgan fingerprint density at radius 1 is 0.870 bits per heavy atom. The van der Waals surface area contributed by atoms with Gasteiger partial charge in [0.1, 0.15) is 0 Å². The maximum absolute atomic E-state index is 14.3. The van der Waals surface area contributed by atoms with E-state index in [4.69, 9.17) is 22.5 Å². The van der Waals surface area contributed by atoms with Crippen molar-refractivity contribution in [3.63, 3.8) is 0 Å². The second-order valence-corrected chi connectivity index (χ2v) is 12.0. The number of anilines is 4. The molecule has 1 aliphatic rings. The minimum absolute atomic E-state index is 0.0174. The second-order valence-electron chi connectivity index (χ2n) is 11.7. The molecule has 46 heavy (non-hydrogen) atoms. The highest BCUT2D eigenvalue weighted by molar-refractivity contribution is 6.35. The van der Waals surface area contributed by atoms with Gasteiger partial charge in [-0.3, -0.25) is 19.6 Å². The van der Waals surface area contributed by atoms with Crippen LogP contribution in [0.15, 0.2) is 48.5 Å². The number of nitrogen functional groups attached to an aromatic ring is 1. The fourth-order valence-corrected chi connectivity index (χ4v) is 5.64. The minimum atomic E-state index is -0.639. The number of benzene rings is 3. The standard InChI is InChI=1S/C34H42ClFN6O4/c1-22-32(35)26(21-27(37)33(22)36)34(45)39-28-20-24(12-15-29(28)42-18-16-41(2)17-19-42)23-10-13-25(14-11-23)38-30(43)8-6-4-3-5-7-9-31(44)40-46/h10-15,20-21,46H,3-9,16-19,37H2,1-2H3,(H,38,43)(H,39,45)(H,40,44). The van der Waals surface area contributed by atoms with E-state index in [1.165, 1.54) is 13.0 Å². The largest absolute Gasteiger partial charge is 0.396 e. The summed E-state index contributed by atoms with van der Waals surface area (Å²) < 4.78 is 14.3. The van der Waals surface area contributed by atoms with E-state index in [1.54, 1.807) is 5.48 Å². The van der Waals surface area contributed by atoms with Crippen LogP contribution >= 0.6 is 11.6 Å². The molecule has 3 aromatic rings. The van der Waals surface area contributed by atoms with Crippen molar-refractivity contribution in [2.24, 2.45) is 0 Å². The number of unbranched alkanes of at least 4 members (excludes halogenated alkanes) is 4. The molecule has 0 radical (unpaired) electrons. The van der Waals surface area contributed by atoms with Gasteiger partial charge in [-0.25, -0.2) is 9.87 Å². The van der Waals surface area contributed by atoms with Crippen LogP contribution in [-0.4, -0.2) is 61.1 Å². The molecule has 0 spiro atoms. The molecule has 0 aliphatic carbocycles. The van der Waals surface area contributed by atoms with Crippen molar-refractivity contribution in [3.05, 3.63) is 70.5 Å². The highest BCUT2D eigenvalue weighted by Gasteiger charge is 2.22. The van der Waals surface area contributed by atoms with E-state index < -0.39 is 11.7 Å². The van der Waals surface area contributed by atoms with Gasteiger partial charge in [-0.1, -0.05) is 49.1 Å². The normalized spacial score (nSPS) is 13.4. The van der Waals surface area contributed by atoms with Gasteiger partial charge in [0.2, 0.25) is 11.8 Å². The third-order valence-corrected chi connectivity index (χ3v) is 8.70. The Morgan fingerprint density at radius 2 is 1.48 bits per heavy atom. The number of hydroxylamine groups is 1. The Morgan fingerprint density at radius 3 is 2.13 bits per heavy atom. The number of nitrogens with zero attached hydrogens (tertiary/aromatic N) is 2. The maximum Gasteiger partial charge on any atom is 0.257 e. The summed E-state index contributed by atoms with van der Waals surface area (Å²) in [6.45, 7) is 4.83. The number of amides is 3. The summed E-state index contributed by atoms with van der Waals surface area (Å²) in [4.78, 5) is 41.4. The Balaban J connectivity index is 1.43. The fraction of sp³-hybridized carbons (Fsp3) is 0.382. The molecule has 1 aliphatic heterocycles. The summed E-state index contributed by atoms with van der Waals surface area (Å²) in [5.41, 5.74) is 11.4. The van der Waals surface area contributed by atoms with E-state index in [9.17, 15) is 18.8 Å². The highest BCUT2D eigenvalue weighted by Crippen LogP contribution is 2.34. The number of nitrogens with one attached hydrogen (secondary N) is 3. The monoisotopic (exact) mass is 652 g/mol. The summed E-state index contributed by atoms with van der Waals surface area (Å²) in [7, 11) is 2.08. The Bertz CT molecular complexity index is 1540. The summed E-state index contributed by atoms with van der Waals surface area (Å²) in [6.07, 6.45) is 4.82. The molecule has 0 saturated carbocycles. The molecule has 1 heterocycles. The lowest BCUT2D eigenvalue weighted by Crippen LogP contribution is -2.44. The topological polar surface area (TPSA) is 140 Å². The Kier molecular flexibility index (Phi) is 12.4. The lowest BCUT2D eigenvalue weighted by Gasteiger charge is -2.35. The molecule has 6 N–H and O–H groups in total. The zero-order valence-corrected chi connectivity index (χ0v) is 27.1. The molecule has 12 heteroatoms. The van der Waals surface area contributed by atoms with Crippen LogP contribution in [0.2, 0.25) is 5.02 Å². The second kappa shape index (κ2) is 16.4. The molecule has 0 unspecified atom stereocenters. The lowest BCUT2D eigenvalue weighted by molar-refractivity contribution is -0.129. The van der Waals surface area contributed by atoms with Crippen LogP contribution in [0, 0.1) is 12.7 Å². The van der Waals surface area contributed by atoms with Gasteiger partial charge in [-0.2, -0.15) is 0 Å². The van der Waals surface area contributed by atoms with E-state index >= 15 is 0 Å². The van der Waals surface area contributed by atoms with Gasteiger partial charge >= 0.3 is 0 Å². The number of halogens is 2. The van der Waals surface area contributed by atoms with E-state index in [0.29, 0.717) is 30.6 Å². The van der Waals surface area contributed by atoms with Crippen LogP contribution in [-0.2, 0) is 9.59 Å². The molecule has 0 bridgehead atoms.